The molecule has 0 aliphatic carbocycles. The van der Waals surface area contributed by atoms with Crippen LogP contribution < -0.4 is 16.0 Å². The quantitative estimate of drug-likeness (QED) is 0.635. The van der Waals surface area contributed by atoms with Crippen LogP contribution in [-0.4, -0.2) is 30.0 Å². The third kappa shape index (κ3) is 2.43. The highest BCUT2D eigenvalue weighted by Gasteiger charge is 2.23. The van der Waals surface area contributed by atoms with Crippen LogP contribution in [0.1, 0.15) is 18.5 Å². The molecule has 0 radical (unpaired) electrons. The number of aromatic hydroxyl groups is 1. The number of phenols is 1. The van der Waals surface area contributed by atoms with Crippen LogP contribution in [0.3, 0.4) is 0 Å². The van der Waals surface area contributed by atoms with Crippen molar-refractivity contribution in [3.8, 4) is 5.75 Å². The lowest BCUT2D eigenvalue weighted by Crippen LogP contribution is -2.51. The van der Waals surface area contributed by atoms with E-state index in [0.717, 1.165) is 0 Å². The Morgan fingerprint density at radius 3 is 2.44 bits per heavy atom. The molecule has 1 aromatic rings. The lowest BCUT2D eigenvalue weighted by molar-refractivity contribution is -0.130. The molecule has 96 valence electrons. The Hall–Kier alpha value is -2.08. The first-order valence-corrected chi connectivity index (χ1v) is 5.63. The molecule has 6 heteroatoms. The number of carbonyl (C=O) groups excluding carboxylic acids is 2. The van der Waals surface area contributed by atoms with Crippen molar-refractivity contribution in [1.82, 2.24) is 5.32 Å². The molecule has 0 spiro atoms. The van der Waals surface area contributed by atoms with Gasteiger partial charge in [0.15, 0.2) is 0 Å². The number of hydrogen-bond acceptors (Lipinski definition) is 5. The Morgan fingerprint density at radius 2 is 1.94 bits per heavy atom. The molecule has 1 aromatic carbocycles. The molecule has 1 aliphatic heterocycles. The van der Waals surface area contributed by atoms with E-state index >= 15 is 0 Å². The van der Waals surface area contributed by atoms with Crippen molar-refractivity contribution in [3.63, 3.8) is 0 Å². The lowest BCUT2D eigenvalue weighted by Gasteiger charge is -2.27. The molecule has 4 N–H and O–H groups in total. The number of piperazine rings is 1. The van der Waals surface area contributed by atoms with Crippen LogP contribution >= 0.6 is 0 Å². The average molecular weight is 249 g/mol. The standard InChI is InChI=1S/C12H15N3O3/c1-7(13)9-3-2-8(4-10(9)16)15-5-11(17)14-12(18)6-15/h2-4,7,16H,5-6,13H2,1H3,(H,14,17,18). The van der Waals surface area contributed by atoms with E-state index in [1.807, 2.05) is 0 Å². The van der Waals surface area contributed by atoms with Gasteiger partial charge in [0.2, 0.25) is 11.8 Å². The maximum Gasteiger partial charge on any atom is 0.246 e. The molecule has 0 aromatic heterocycles. The number of nitrogens with zero attached hydrogens (tertiary/aromatic N) is 1. The Labute approximate surface area is 104 Å². The van der Waals surface area contributed by atoms with Crippen molar-refractivity contribution in [3.05, 3.63) is 23.8 Å². The fourth-order valence-electron chi connectivity index (χ4n) is 1.93. The highest BCUT2D eigenvalue weighted by atomic mass is 16.3. The molecule has 1 atom stereocenters. The lowest BCUT2D eigenvalue weighted by atomic mass is 10.1. The SMILES string of the molecule is CC(N)c1ccc(N2CC(=O)NC(=O)C2)cc1O. The van der Waals surface area contributed by atoms with Crippen molar-refractivity contribution in [2.45, 2.75) is 13.0 Å². The van der Waals surface area contributed by atoms with Gasteiger partial charge in [-0.1, -0.05) is 6.07 Å². The van der Waals surface area contributed by atoms with Crippen LogP contribution in [0.15, 0.2) is 18.2 Å². The van der Waals surface area contributed by atoms with Crippen molar-refractivity contribution in [1.29, 1.82) is 0 Å². The summed E-state index contributed by atoms with van der Waals surface area (Å²) >= 11 is 0. The topological polar surface area (TPSA) is 95.7 Å². The van der Waals surface area contributed by atoms with E-state index in [4.69, 9.17) is 5.73 Å². The van der Waals surface area contributed by atoms with E-state index in [0.29, 0.717) is 11.3 Å². The van der Waals surface area contributed by atoms with Gasteiger partial charge in [-0.2, -0.15) is 0 Å². The van der Waals surface area contributed by atoms with Gasteiger partial charge >= 0.3 is 0 Å². The van der Waals surface area contributed by atoms with E-state index in [1.165, 1.54) is 6.07 Å². The molecule has 1 unspecified atom stereocenters. The number of hydrogen-bond donors (Lipinski definition) is 3. The first-order chi connectivity index (χ1) is 8.47. The van der Waals surface area contributed by atoms with Gasteiger partial charge in [0.25, 0.3) is 0 Å². The molecule has 1 aliphatic rings. The predicted octanol–water partition coefficient (Wildman–Crippen LogP) is -0.125. The summed E-state index contributed by atoms with van der Waals surface area (Å²) in [6.07, 6.45) is 0. The van der Waals surface area contributed by atoms with Gasteiger partial charge in [0.05, 0.1) is 13.1 Å². The third-order valence-corrected chi connectivity index (χ3v) is 2.82. The van der Waals surface area contributed by atoms with E-state index in [9.17, 15) is 14.7 Å². The normalized spacial score (nSPS) is 17.6. The summed E-state index contributed by atoms with van der Waals surface area (Å²) in [5.41, 5.74) is 6.95. The van der Waals surface area contributed by atoms with Gasteiger partial charge < -0.3 is 15.7 Å². The number of phenolic OH excluding ortho intramolecular Hbond substituents is 1. The monoisotopic (exact) mass is 249 g/mol. The maximum absolute atomic E-state index is 11.3. The first-order valence-electron chi connectivity index (χ1n) is 5.63. The van der Waals surface area contributed by atoms with Crippen molar-refractivity contribution in [2.24, 2.45) is 5.73 Å². The molecular formula is C12H15N3O3. The number of amides is 2. The van der Waals surface area contributed by atoms with Gasteiger partial charge in [-0.3, -0.25) is 14.9 Å². The fourth-order valence-corrected chi connectivity index (χ4v) is 1.93. The van der Waals surface area contributed by atoms with Gasteiger partial charge in [0.1, 0.15) is 5.75 Å². The number of imide groups is 1. The molecule has 2 amide bonds. The van der Waals surface area contributed by atoms with Crippen LogP contribution in [0.2, 0.25) is 0 Å². The zero-order chi connectivity index (χ0) is 13.3. The summed E-state index contributed by atoms with van der Waals surface area (Å²) in [4.78, 5) is 24.1. The van der Waals surface area contributed by atoms with E-state index in [1.54, 1.807) is 24.0 Å². The molecule has 2 rings (SSSR count). The van der Waals surface area contributed by atoms with Gasteiger partial charge in [0, 0.05) is 23.4 Å². The van der Waals surface area contributed by atoms with E-state index in [2.05, 4.69) is 5.32 Å². The number of carbonyl (C=O) groups is 2. The molecule has 1 heterocycles. The fraction of sp³-hybridized carbons (Fsp3) is 0.333. The number of nitrogens with one attached hydrogen (secondary N) is 1. The minimum absolute atomic E-state index is 0.0703. The minimum Gasteiger partial charge on any atom is -0.508 e. The van der Waals surface area contributed by atoms with Gasteiger partial charge in [-0.15, -0.1) is 0 Å². The summed E-state index contributed by atoms with van der Waals surface area (Å²) in [7, 11) is 0. The second kappa shape index (κ2) is 4.66. The maximum atomic E-state index is 11.3. The Kier molecular flexibility index (Phi) is 3.20. The molecule has 0 saturated carbocycles. The second-order valence-electron chi connectivity index (χ2n) is 4.36. The number of benzene rings is 1. The Bertz CT molecular complexity index is 483. The average Bonchev–Trinajstić information content (AvgIpc) is 2.26. The summed E-state index contributed by atoms with van der Waals surface area (Å²) in [5.74, 6) is -0.620. The van der Waals surface area contributed by atoms with Gasteiger partial charge in [-0.05, 0) is 13.0 Å². The highest BCUT2D eigenvalue weighted by Crippen LogP contribution is 2.28. The van der Waals surface area contributed by atoms with Crippen molar-refractivity contribution < 1.29 is 14.7 Å². The van der Waals surface area contributed by atoms with Crippen LogP contribution in [0, 0.1) is 0 Å². The van der Waals surface area contributed by atoms with Crippen molar-refractivity contribution in [2.75, 3.05) is 18.0 Å². The predicted molar refractivity (Wildman–Crippen MR) is 66.1 cm³/mol. The second-order valence-corrected chi connectivity index (χ2v) is 4.36. The molecule has 1 saturated heterocycles. The summed E-state index contributed by atoms with van der Waals surface area (Å²) in [6.45, 7) is 1.97. The van der Waals surface area contributed by atoms with Crippen LogP contribution in [0.25, 0.3) is 0 Å². The third-order valence-electron chi connectivity index (χ3n) is 2.82. The van der Waals surface area contributed by atoms with E-state index < -0.39 is 0 Å². The number of rotatable bonds is 2. The summed E-state index contributed by atoms with van der Waals surface area (Å²) in [5, 5.41) is 12.1. The molecule has 6 nitrogen and oxygen atoms in total. The largest absolute Gasteiger partial charge is 0.508 e. The summed E-state index contributed by atoms with van der Waals surface area (Å²) < 4.78 is 0. The Morgan fingerprint density at radius 1 is 1.33 bits per heavy atom. The molecule has 1 fully saturated rings. The first kappa shape index (κ1) is 12.4. The zero-order valence-corrected chi connectivity index (χ0v) is 10.0. The molecule has 0 bridgehead atoms. The van der Waals surface area contributed by atoms with Gasteiger partial charge in [-0.25, -0.2) is 0 Å². The number of nitrogens with two attached hydrogens (primary N) is 1. The van der Waals surface area contributed by atoms with Crippen LogP contribution in [0.5, 0.6) is 5.75 Å². The Balaban J connectivity index is 2.26. The minimum atomic E-state index is -0.345. The smallest absolute Gasteiger partial charge is 0.246 e. The van der Waals surface area contributed by atoms with E-state index in [-0.39, 0.29) is 36.7 Å². The highest BCUT2D eigenvalue weighted by molar-refractivity contribution is 6.02. The zero-order valence-electron chi connectivity index (χ0n) is 10.0. The van der Waals surface area contributed by atoms with Crippen LogP contribution in [0.4, 0.5) is 5.69 Å². The van der Waals surface area contributed by atoms with Crippen LogP contribution in [-0.2, 0) is 9.59 Å². The summed E-state index contributed by atoms with van der Waals surface area (Å²) in [6, 6.07) is 4.69. The van der Waals surface area contributed by atoms with Crippen molar-refractivity contribution >= 4 is 17.5 Å². The molecule has 18 heavy (non-hydrogen) atoms. The molecular weight excluding hydrogens is 234 g/mol. The number of anilines is 1.